The number of esters is 1. The van der Waals surface area contributed by atoms with Crippen LogP contribution in [0, 0.1) is 0 Å². The van der Waals surface area contributed by atoms with Gasteiger partial charge in [-0.3, -0.25) is 4.79 Å². The van der Waals surface area contributed by atoms with E-state index in [1.807, 2.05) is 6.92 Å². The minimum Gasteiger partial charge on any atom is -0.465 e. The fourth-order valence-corrected chi connectivity index (χ4v) is 2.72. The second-order valence-corrected chi connectivity index (χ2v) is 6.24. The molecule has 0 saturated heterocycles. The maximum atomic E-state index is 11.7. The molecule has 7 heteroatoms. The average molecular weight is 303 g/mol. The third kappa shape index (κ3) is 4.85. The van der Waals surface area contributed by atoms with Crippen molar-refractivity contribution in [2.45, 2.75) is 25.2 Å². The SMILES string of the molecule is COC(=O)c1sccc1NC(=O)CSC(C)C(C)O. The topological polar surface area (TPSA) is 75.6 Å². The summed E-state index contributed by atoms with van der Waals surface area (Å²) in [5.74, 6) is -0.445. The van der Waals surface area contributed by atoms with Gasteiger partial charge in [0.15, 0.2) is 0 Å². The van der Waals surface area contributed by atoms with Crippen molar-refractivity contribution in [3.8, 4) is 0 Å². The Morgan fingerprint density at radius 3 is 2.79 bits per heavy atom. The third-order valence-electron chi connectivity index (χ3n) is 2.47. The number of nitrogens with one attached hydrogen (secondary N) is 1. The maximum absolute atomic E-state index is 11.7. The van der Waals surface area contributed by atoms with Gasteiger partial charge in [0.05, 0.1) is 24.7 Å². The molecule has 0 saturated carbocycles. The second kappa shape index (κ2) is 7.52. The highest BCUT2D eigenvalue weighted by Crippen LogP contribution is 2.23. The minimum absolute atomic E-state index is 0.0201. The van der Waals surface area contributed by atoms with E-state index in [0.717, 1.165) is 0 Å². The van der Waals surface area contributed by atoms with Crippen molar-refractivity contribution >= 4 is 40.7 Å². The normalized spacial score (nSPS) is 13.7. The fourth-order valence-electron chi connectivity index (χ4n) is 1.19. The molecule has 5 nitrogen and oxygen atoms in total. The Kier molecular flexibility index (Phi) is 6.33. The first-order valence-electron chi connectivity index (χ1n) is 5.71. The molecule has 2 atom stereocenters. The van der Waals surface area contributed by atoms with Crippen molar-refractivity contribution in [3.05, 3.63) is 16.3 Å². The largest absolute Gasteiger partial charge is 0.465 e. The number of thiophene rings is 1. The highest BCUT2D eigenvalue weighted by atomic mass is 32.2. The number of carbonyl (C=O) groups is 2. The number of aliphatic hydroxyl groups excluding tert-OH is 1. The molecule has 0 aromatic carbocycles. The summed E-state index contributed by atoms with van der Waals surface area (Å²) in [6.45, 7) is 3.54. The molecule has 1 amide bonds. The van der Waals surface area contributed by atoms with Crippen molar-refractivity contribution in [2.24, 2.45) is 0 Å². The zero-order valence-electron chi connectivity index (χ0n) is 11.0. The van der Waals surface area contributed by atoms with Gasteiger partial charge in [0.2, 0.25) is 5.91 Å². The van der Waals surface area contributed by atoms with Crippen molar-refractivity contribution in [1.82, 2.24) is 0 Å². The lowest BCUT2D eigenvalue weighted by Gasteiger charge is -2.13. The lowest BCUT2D eigenvalue weighted by Crippen LogP contribution is -2.21. The Hall–Kier alpha value is -1.05. The Morgan fingerprint density at radius 1 is 1.53 bits per heavy atom. The van der Waals surface area contributed by atoms with Crippen LogP contribution in [-0.2, 0) is 9.53 Å². The molecule has 2 unspecified atom stereocenters. The van der Waals surface area contributed by atoms with Gasteiger partial charge in [-0.1, -0.05) is 6.92 Å². The summed E-state index contributed by atoms with van der Waals surface area (Å²) in [5.41, 5.74) is 0.465. The van der Waals surface area contributed by atoms with E-state index in [0.29, 0.717) is 10.6 Å². The molecular weight excluding hydrogens is 286 g/mol. The van der Waals surface area contributed by atoms with Gasteiger partial charge < -0.3 is 15.2 Å². The van der Waals surface area contributed by atoms with E-state index in [9.17, 15) is 14.7 Å². The van der Waals surface area contributed by atoms with Crippen molar-refractivity contribution in [1.29, 1.82) is 0 Å². The third-order valence-corrected chi connectivity index (χ3v) is 4.71. The maximum Gasteiger partial charge on any atom is 0.350 e. The first-order valence-corrected chi connectivity index (χ1v) is 7.64. The van der Waals surface area contributed by atoms with Gasteiger partial charge in [0.25, 0.3) is 0 Å². The van der Waals surface area contributed by atoms with E-state index in [1.54, 1.807) is 18.4 Å². The van der Waals surface area contributed by atoms with Crippen molar-refractivity contribution in [2.75, 3.05) is 18.2 Å². The molecule has 1 aromatic heterocycles. The van der Waals surface area contributed by atoms with Gasteiger partial charge in [-0.25, -0.2) is 4.79 Å². The first-order chi connectivity index (χ1) is 8.95. The molecule has 0 aliphatic rings. The van der Waals surface area contributed by atoms with Gasteiger partial charge in [-0.2, -0.15) is 0 Å². The fraction of sp³-hybridized carbons (Fsp3) is 0.500. The molecule has 0 bridgehead atoms. The number of methoxy groups -OCH3 is 1. The van der Waals surface area contributed by atoms with Crippen LogP contribution in [0.1, 0.15) is 23.5 Å². The number of aliphatic hydroxyl groups is 1. The Labute approximate surface area is 120 Å². The zero-order valence-corrected chi connectivity index (χ0v) is 12.6. The molecule has 0 radical (unpaired) electrons. The van der Waals surface area contributed by atoms with Gasteiger partial charge in [-0.15, -0.1) is 23.1 Å². The van der Waals surface area contributed by atoms with Gasteiger partial charge in [0.1, 0.15) is 4.88 Å². The van der Waals surface area contributed by atoms with Gasteiger partial charge >= 0.3 is 5.97 Å². The van der Waals surface area contributed by atoms with Crippen LogP contribution in [0.25, 0.3) is 0 Å². The van der Waals surface area contributed by atoms with E-state index in [2.05, 4.69) is 10.1 Å². The number of rotatable bonds is 6. The molecule has 0 fully saturated rings. The standard InChI is InChI=1S/C12H17NO4S2/c1-7(14)8(2)19-6-10(15)13-9-4-5-18-11(9)12(16)17-3/h4-5,7-8,14H,6H2,1-3H3,(H,13,15). The predicted molar refractivity (Wildman–Crippen MR) is 77.9 cm³/mol. The van der Waals surface area contributed by atoms with Crippen LogP contribution < -0.4 is 5.32 Å². The molecule has 19 heavy (non-hydrogen) atoms. The monoisotopic (exact) mass is 303 g/mol. The Morgan fingerprint density at radius 2 is 2.21 bits per heavy atom. The summed E-state index contributed by atoms with van der Waals surface area (Å²) in [7, 11) is 1.30. The summed E-state index contributed by atoms with van der Waals surface area (Å²) >= 11 is 2.58. The molecule has 0 spiro atoms. The smallest absolute Gasteiger partial charge is 0.350 e. The number of hydrogen-bond donors (Lipinski definition) is 2. The number of amides is 1. The van der Waals surface area contributed by atoms with Crippen LogP contribution in [0.5, 0.6) is 0 Å². The summed E-state index contributed by atoms with van der Waals surface area (Å²) < 4.78 is 4.63. The number of hydrogen-bond acceptors (Lipinski definition) is 6. The molecule has 106 valence electrons. The molecule has 0 aliphatic carbocycles. The first kappa shape index (κ1) is 16.0. The predicted octanol–water partition coefficient (Wildman–Crippen LogP) is 1.98. The van der Waals surface area contributed by atoms with Gasteiger partial charge in [0, 0.05) is 5.25 Å². The lowest BCUT2D eigenvalue weighted by atomic mass is 10.3. The molecule has 1 aromatic rings. The molecule has 0 aliphatic heterocycles. The van der Waals surface area contributed by atoms with Crippen LogP contribution in [0.15, 0.2) is 11.4 Å². The average Bonchev–Trinajstić information content (AvgIpc) is 2.82. The number of anilines is 1. The second-order valence-electron chi connectivity index (χ2n) is 3.96. The van der Waals surface area contributed by atoms with E-state index >= 15 is 0 Å². The summed E-state index contributed by atoms with van der Waals surface area (Å²) in [6.07, 6.45) is -0.468. The van der Waals surface area contributed by atoms with E-state index < -0.39 is 12.1 Å². The number of thioether (sulfide) groups is 1. The Bertz CT molecular complexity index is 445. The van der Waals surface area contributed by atoms with E-state index in [4.69, 9.17) is 0 Å². The van der Waals surface area contributed by atoms with E-state index in [1.165, 1.54) is 30.2 Å². The highest BCUT2D eigenvalue weighted by Gasteiger charge is 2.16. The summed E-state index contributed by atoms with van der Waals surface area (Å²) in [4.78, 5) is 23.5. The molecule has 2 N–H and O–H groups in total. The van der Waals surface area contributed by atoms with Crippen molar-refractivity contribution < 1.29 is 19.4 Å². The molecule has 1 rings (SSSR count). The molecular formula is C12H17NO4S2. The lowest BCUT2D eigenvalue weighted by molar-refractivity contribution is -0.113. The van der Waals surface area contributed by atoms with Crippen LogP contribution >= 0.6 is 23.1 Å². The van der Waals surface area contributed by atoms with Crippen LogP contribution in [0.2, 0.25) is 0 Å². The van der Waals surface area contributed by atoms with Crippen LogP contribution in [0.4, 0.5) is 5.69 Å². The Balaban J connectivity index is 2.53. The van der Waals surface area contributed by atoms with E-state index in [-0.39, 0.29) is 16.9 Å². The van der Waals surface area contributed by atoms with Crippen molar-refractivity contribution in [3.63, 3.8) is 0 Å². The quantitative estimate of drug-likeness (QED) is 0.786. The minimum atomic E-state index is -0.468. The highest BCUT2D eigenvalue weighted by molar-refractivity contribution is 8.00. The summed E-state index contributed by atoms with van der Waals surface area (Å²) in [6, 6.07) is 1.66. The number of carbonyl (C=O) groups excluding carboxylic acids is 2. The zero-order chi connectivity index (χ0) is 14.4. The van der Waals surface area contributed by atoms with Crippen LogP contribution in [-0.4, -0.2) is 41.2 Å². The van der Waals surface area contributed by atoms with Gasteiger partial charge in [-0.05, 0) is 18.4 Å². The summed E-state index contributed by atoms with van der Waals surface area (Å²) in [5, 5.41) is 13.7. The number of ether oxygens (including phenoxy) is 1. The van der Waals surface area contributed by atoms with Crippen LogP contribution in [0.3, 0.4) is 0 Å². The molecule has 1 heterocycles.